The van der Waals surface area contributed by atoms with Crippen LogP contribution in [0, 0.1) is 11.8 Å². The first kappa shape index (κ1) is 25.6. The predicted octanol–water partition coefficient (Wildman–Crippen LogP) is 2.94. The van der Waals surface area contributed by atoms with Gasteiger partial charge in [0, 0.05) is 7.11 Å². The fourth-order valence-corrected chi connectivity index (χ4v) is 4.94. The topological polar surface area (TPSA) is 116 Å². The number of nitrogens with two attached hydrogens (primary N) is 1. The normalized spacial score (nSPS) is 36.9. The molecule has 0 unspecified atom stereocenters. The van der Waals surface area contributed by atoms with Gasteiger partial charge in [0.1, 0.15) is 29.5 Å². The van der Waals surface area contributed by atoms with E-state index < -0.39 is 29.7 Å². The van der Waals surface area contributed by atoms with Crippen LogP contribution < -0.4 is 11.1 Å². The van der Waals surface area contributed by atoms with E-state index in [0.29, 0.717) is 13.0 Å². The maximum absolute atomic E-state index is 12.5. The quantitative estimate of drug-likeness (QED) is 0.443. The second-order valence-corrected chi connectivity index (χ2v) is 9.59. The minimum absolute atomic E-state index is 0. The molecule has 0 aromatic carbocycles. The second-order valence-electron chi connectivity index (χ2n) is 9.59. The highest BCUT2D eigenvalue weighted by Crippen LogP contribution is 2.59. The number of allylic oxidation sites excluding steroid dienone is 1. The average molecular weight is 441 g/mol. The van der Waals surface area contributed by atoms with Crippen molar-refractivity contribution >= 4 is 12.0 Å². The van der Waals surface area contributed by atoms with E-state index in [2.05, 4.69) is 32.2 Å². The lowest BCUT2D eigenvalue weighted by atomic mass is 9.68. The molecule has 1 spiro atoms. The Hall–Kier alpha value is -1.64. The van der Waals surface area contributed by atoms with E-state index in [4.69, 9.17) is 24.7 Å². The van der Waals surface area contributed by atoms with Crippen molar-refractivity contribution in [2.45, 2.75) is 96.9 Å². The number of amides is 2. The second kappa shape index (κ2) is 9.46. The van der Waals surface area contributed by atoms with Crippen LogP contribution in [0.15, 0.2) is 11.6 Å². The molecule has 8 heteroatoms. The van der Waals surface area contributed by atoms with Gasteiger partial charge < -0.3 is 30.0 Å². The Kier molecular flexibility index (Phi) is 7.82. The first-order valence-corrected chi connectivity index (χ1v) is 10.8. The Balaban J connectivity index is 0.00000341. The van der Waals surface area contributed by atoms with Crippen LogP contribution in [0.25, 0.3) is 0 Å². The number of ether oxygens (including phenoxy) is 4. The number of methoxy groups -OCH3 is 1. The third-order valence-electron chi connectivity index (χ3n) is 6.74. The number of rotatable bonds is 8. The van der Waals surface area contributed by atoms with Gasteiger partial charge in [0.25, 0.3) is 0 Å². The summed E-state index contributed by atoms with van der Waals surface area (Å²) < 4.78 is 23.7. The number of carbonyl (C=O) groups excluding carboxylic acids is 2. The molecule has 31 heavy (non-hydrogen) atoms. The van der Waals surface area contributed by atoms with Crippen LogP contribution in [-0.2, 0) is 23.7 Å². The van der Waals surface area contributed by atoms with E-state index in [9.17, 15) is 9.59 Å². The standard InChI is InChI=1S/C22H36N2O6.CH4/c1-12(2)7-8-15-21(5,30-15)18-17(27-6)14(9-10-22(18)11-28-22)29-20(26)24-16(13(3)4)19(23)25;/h7,13-18H,8-11H2,1-6H3,(H2,23,25)(H,24,26);1H4/t14-,15-,16-,17-,18-,21+,22+;/m1./s1. The lowest BCUT2D eigenvalue weighted by molar-refractivity contribution is -0.123. The molecule has 3 aliphatic rings. The predicted molar refractivity (Wildman–Crippen MR) is 117 cm³/mol. The van der Waals surface area contributed by atoms with Gasteiger partial charge in [-0.2, -0.15) is 0 Å². The largest absolute Gasteiger partial charge is 0.443 e. The average Bonchev–Trinajstić information content (AvgIpc) is 3.56. The Bertz CT molecular complexity index is 700. The molecule has 178 valence electrons. The Labute approximate surface area is 186 Å². The third kappa shape index (κ3) is 5.23. The van der Waals surface area contributed by atoms with Gasteiger partial charge in [0.15, 0.2) is 0 Å². The molecule has 0 aromatic rings. The molecule has 7 atom stereocenters. The number of carbonyl (C=O) groups is 2. The van der Waals surface area contributed by atoms with Crippen LogP contribution in [0.5, 0.6) is 0 Å². The summed E-state index contributed by atoms with van der Waals surface area (Å²) in [5.74, 6) is -0.766. The van der Waals surface area contributed by atoms with E-state index in [0.717, 1.165) is 12.8 Å². The van der Waals surface area contributed by atoms with Crippen LogP contribution in [0.3, 0.4) is 0 Å². The van der Waals surface area contributed by atoms with Crippen LogP contribution in [-0.4, -0.2) is 61.3 Å². The Morgan fingerprint density at radius 2 is 1.97 bits per heavy atom. The zero-order chi connectivity index (χ0) is 22.3. The highest BCUT2D eigenvalue weighted by Gasteiger charge is 2.72. The van der Waals surface area contributed by atoms with Crippen LogP contribution >= 0.6 is 0 Å². The molecule has 0 radical (unpaired) electrons. The van der Waals surface area contributed by atoms with Crippen LogP contribution in [0.1, 0.15) is 61.3 Å². The van der Waals surface area contributed by atoms with Crippen molar-refractivity contribution < 1.29 is 28.5 Å². The summed E-state index contributed by atoms with van der Waals surface area (Å²) >= 11 is 0. The van der Waals surface area contributed by atoms with E-state index in [1.165, 1.54) is 5.57 Å². The first-order valence-electron chi connectivity index (χ1n) is 10.8. The van der Waals surface area contributed by atoms with Crippen molar-refractivity contribution in [3.8, 4) is 0 Å². The molecule has 3 fully saturated rings. The molecule has 8 nitrogen and oxygen atoms in total. The first-order chi connectivity index (χ1) is 14.0. The lowest BCUT2D eigenvalue weighted by Crippen LogP contribution is -2.57. The fourth-order valence-electron chi connectivity index (χ4n) is 4.94. The summed E-state index contributed by atoms with van der Waals surface area (Å²) in [4.78, 5) is 24.1. The van der Waals surface area contributed by atoms with Crippen molar-refractivity contribution in [3.05, 3.63) is 11.6 Å². The molecule has 0 aromatic heterocycles. The number of alkyl carbamates (subject to hydrolysis) is 1. The molecule has 2 heterocycles. The molecular formula is C23H40N2O6. The minimum atomic E-state index is -0.784. The molecule has 1 aliphatic carbocycles. The highest BCUT2D eigenvalue weighted by atomic mass is 16.6. The maximum Gasteiger partial charge on any atom is 0.408 e. The Morgan fingerprint density at radius 1 is 1.32 bits per heavy atom. The smallest absolute Gasteiger partial charge is 0.408 e. The van der Waals surface area contributed by atoms with E-state index in [1.807, 2.05) is 13.8 Å². The summed E-state index contributed by atoms with van der Waals surface area (Å²) in [5.41, 5.74) is 5.98. The summed E-state index contributed by atoms with van der Waals surface area (Å²) in [6.45, 7) is 10.5. The van der Waals surface area contributed by atoms with Gasteiger partial charge in [-0.15, -0.1) is 0 Å². The van der Waals surface area contributed by atoms with Gasteiger partial charge in [-0.05, 0) is 46.0 Å². The summed E-state index contributed by atoms with van der Waals surface area (Å²) in [7, 11) is 1.63. The molecule has 2 aliphatic heterocycles. The molecule has 0 bridgehead atoms. The summed E-state index contributed by atoms with van der Waals surface area (Å²) in [6, 6.07) is -0.784. The number of epoxide rings is 2. The van der Waals surface area contributed by atoms with Crippen LogP contribution in [0.2, 0.25) is 0 Å². The number of primary amides is 1. The molecule has 3 N–H and O–H groups in total. The fraction of sp³-hybridized carbons (Fsp3) is 0.826. The molecule has 3 rings (SSSR count). The zero-order valence-electron chi connectivity index (χ0n) is 18.9. The SMILES string of the molecule is C.CO[C@@H]1[C@H](OC(=O)N[C@@H](C(N)=O)C(C)C)CC[C@]2(CO2)[C@H]1[C@@]1(C)O[C@@H]1CC=C(C)C. The number of hydrogen-bond donors (Lipinski definition) is 2. The molecule has 2 amide bonds. The van der Waals surface area contributed by atoms with Gasteiger partial charge >= 0.3 is 6.09 Å². The van der Waals surface area contributed by atoms with E-state index >= 15 is 0 Å². The summed E-state index contributed by atoms with van der Waals surface area (Å²) in [5, 5.41) is 2.59. The maximum atomic E-state index is 12.5. The lowest BCUT2D eigenvalue weighted by Gasteiger charge is -2.42. The van der Waals surface area contributed by atoms with Gasteiger partial charge in [-0.1, -0.05) is 32.9 Å². The Morgan fingerprint density at radius 3 is 2.45 bits per heavy atom. The van der Waals surface area contributed by atoms with Crippen molar-refractivity contribution in [2.75, 3.05) is 13.7 Å². The zero-order valence-corrected chi connectivity index (χ0v) is 18.9. The van der Waals surface area contributed by atoms with Gasteiger partial charge in [-0.3, -0.25) is 4.79 Å². The molecular weight excluding hydrogens is 400 g/mol. The van der Waals surface area contributed by atoms with Crippen molar-refractivity contribution in [1.29, 1.82) is 0 Å². The number of nitrogens with one attached hydrogen (secondary N) is 1. The third-order valence-corrected chi connectivity index (χ3v) is 6.74. The highest BCUT2D eigenvalue weighted by molar-refractivity contribution is 5.84. The van der Waals surface area contributed by atoms with Crippen molar-refractivity contribution in [3.63, 3.8) is 0 Å². The molecule has 2 saturated heterocycles. The van der Waals surface area contributed by atoms with Gasteiger partial charge in [0.2, 0.25) is 5.91 Å². The summed E-state index contributed by atoms with van der Waals surface area (Å²) in [6.07, 6.45) is 3.02. The van der Waals surface area contributed by atoms with E-state index in [-0.39, 0.29) is 37.1 Å². The minimum Gasteiger partial charge on any atom is -0.443 e. The van der Waals surface area contributed by atoms with Gasteiger partial charge in [-0.25, -0.2) is 4.79 Å². The van der Waals surface area contributed by atoms with Gasteiger partial charge in [0.05, 0.1) is 18.6 Å². The van der Waals surface area contributed by atoms with Crippen molar-refractivity contribution in [1.82, 2.24) is 5.32 Å². The van der Waals surface area contributed by atoms with Crippen LogP contribution in [0.4, 0.5) is 4.79 Å². The van der Waals surface area contributed by atoms with Crippen molar-refractivity contribution in [2.24, 2.45) is 17.6 Å². The number of hydrogen-bond acceptors (Lipinski definition) is 6. The van der Waals surface area contributed by atoms with E-state index in [1.54, 1.807) is 7.11 Å². The molecule has 1 saturated carbocycles. The monoisotopic (exact) mass is 440 g/mol.